The van der Waals surface area contributed by atoms with Gasteiger partial charge in [-0.05, 0) is 24.3 Å². The molecule has 2 aromatic carbocycles. The summed E-state index contributed by atoms with van der Waals surface area (Å²) in [5, 5.41) is 3.42. The predicted octanol–water partition coefficient (Wildman–Crippen LogP) is 3.78. The number of ether oxygens (including phenoxy) is 3. The molecule has 1 N–H and O–H groups in total. The number of nitrogens with zero attached hydrogens (tertiary/aromatic N) is 4. The molecule has 0 amide bonds. The topological polar surface area (TPSA) is 73.7 Å². The third-order valence-electron chi connectivity index (χ3n) is 6.00. The minimum Gasteiger partial charge on any atom is -0.497 e. The number of hydrogen-bond donors (Lipinski definition) is 1. The zero-order valence-corrected chi connectivity index (χ0v) is 19.7. The smallest absolute Gasteiger partial charge is 0.124 e. The van der Waals surface area contributed by atoms with Crippen LogP contribution in [0.1, 0.15) is 0 Å². The van der Waals surface area contributed by atoms with E-state index in [0.717, 1.165) is 58.3 Å². The largest absolute Gasteiger partial charge is 0.497 e. The summed E-state index contributed by atoms with van der Waals surface area (Å²) in [5.41, 5.74) is 5.52. The zero-order valence-electron chi connectivity index (χ0n) is 19.7. The van der Waals surface area contributed by atoms with Crippen molar-refractivity contribution >= 4 is 22.4 Å². The van der Waals surface area contributed by atoms with Gasteiger partial charge in [-0.25, -0.2) is 4.98 Å². The van der Waals surface area contributed by atoms with Gasteiger partial charge in [-0.1, -0.05) is 0 Å². The molecular formula is C26H29N5O3. The first-order chi connectivity index (χ1) is 16.6. The van der Waals surface area contributed by atoms with Gasteiger partial charge < -0.3 is 29.0 Å². The lowest BCUT2D eigenvalue weighted by Crippen LogP contribution is -2.44. The van der Waals surface area contributed by atoms with Gasteiger partial charge in [-0.2, -0.15) is 0 Å². The monoisotopic (exact) mass is 459 g/mol. The fourth-order valence-corrected chi connectivity index (χ4v) is 4.21. The van der Waals surface area contributed by atoms with Crippen LogP contribution in [0.2, 0.25) is 0 Å². The van der Waals surface area contributed by atoms with Crippen LogP contribution in [0.5, 0.6) is 11.5 Å². The Bertz CT molecular complexity index is 1260. The first-order valence-corrected chi connectivity index (χ1v) is 11.3. The van der Waals surface area contributed by atoms with E-state index in [2.05, 4.69) is 27.3 Å². The van der Waals surface area contributed by atoms with E-state index in [1.54, 1.807) is 14.2 Å². The standard InChI is InChI=1S/C26H29N5O3/c1-30-8-6-18(16-30)26-15-28-24-5-4-19(12-25(24)29-26)31(17-23-14-27-7-9-34-23)20-10-21(32-2)13-22(11-20)33-3/h4-6,8,10-13,15-16,23,27H,7,9,14,17H2,1-3H3. The average molecular weight is 460 g/mol. The van der Waals surface area contributed by atoms with Crippen molar-refractivity contribution in [3.05, 3.63) is 61.1 Å². The van der Waals surface area contributed by atoms with Gasteiger partial charge in [-0.15, -0.1) is 0 Å². The van der Waals surface area contributed by atoms with Crippen LogP contribution in [0.4, 0.5) is 11.4 Å². The lowest BCUT2D eigenvalue weighted by molar-refractivity contribution is 0.0346. The summed E-state index contributed by atoms with van der Waals surface area (Å²) in [7, 11) is 5.32. The van der Waals surface area contributed by atoms with Crippen LogP contribution in [0.3, 0.4) is 0 Å². The molecule has 0 radical (unpaired) electrons. The van der Waals surface area contributed by atoms with Crippen LogP contribution in [0.15, 0.2) is 61.1 Å². The Hall–Kier alpha value is -3.62. The maximum Gasteiger partial charge on any atom is 0.124 e. The normalized spacial score (nSPS) is 15.9. The van der Waals surface area contributed by atoms with Crippen molar-refractivity contribution in [2.45, 2.75) is 6.10 Å². The summed E-state index contributed by atoms with van der Waals surface area (Å²) >= 11 is 0. The minimum absolute atomic E-state index is 0.0448. The molecule has 0 spiro atoms. The highest BCUT2D eigenvalue weighted by molar-refractivity contribution is 5.82. The molecule has 2 aromatic heterocycles. The summed E-state index contributed by atoms with van der Waals surface area (Å²) in [5.74, 6) is 1.46. The van der Waals surface area contributed by atoms with E-state index < -0.39 is 0 Å². The van der Waals surface area contributed by atoms with Crippen molar-refractivity contribution in [1.82, 2.24) is 19.9 Å². The summed E-state index contributed by atoms with van der Waals surface area (Å²) < 4.78 is 19.1. The molecule has 4 aromatic rings. The van der Waals surface area contributed by atoms with E-state index in [1.807, 2.05) is 60.5 Å². The molecule has 1 aliphatic heterocycles. The van der Waals surface area contributed by atoms with Gasteiger partial charge in [0.2, 0.25) is 0 Å². The Balaban J connectivity index is 1.57. The number of rotatable bonds is 7. The van der Waals surface area contributed by atoms with Crippen LogP contribution >= 0.6 is 0 Å². The van der Waals surface area contributed by atoms with Crippen molar-refractivity contribution in [3.8, 4) is 22.8 Å². The van der Waals surface area contributed by atoms with Crippen molar-refractivity contribution in [2.24, 2.45) is 7.05 Å². The van der Waals surface area contributed by atoms with E-state index in [1.165, 1.54) is 0 Å². The summed E-state index contributed by atoms with van der Waals surface area (Å²) in [4.78, 5) is 11.8. The van der Waals surface area contributed by atoms with Gasteiger partial charge in [0.25, 0.3) is 0 Å². The number of nitrogens with one attached hydrogen (secondary N) is 1. The van der Waals surface area contributed by atoms with Crippen molar-refractivity contribution in [3.63, 3.8) is 0 Å². The summed E-state index contributed by atoms with van der Waals surface area (Å²) in [6, 6.07) is 14.1. The molecule has 1 unspecified atom stereocenters. The third-order valence-corrected chi connectivity index (χ3v) is 6.00. The molecule has 3 heterocycles. The molecule has 34 heavy (non-hydrogen) atoms. The van der Waals surface area contributed by atoms with Gasteiger partial charge >= 0.3 is 0 Å². The first kappa shape index (κ1) is 22.2. The van der Waals surface area contributed by atoms with E-state index in [0.29, 0.717) is 13.2 Å². The van der Waals surface area contributed by atoms with Crippen LogP contribution < -0.4 is 19.7 Å². The molecule has 0 bridgehead atoms. The first-order valence-electron chi connectivity index (χ1n) is 11.3. The molecule has 0 aliphatic carbocycles. The molecule has 1 fully saturated rings. The number of hydrogen-bond acceptors (Lipinski definition) is 7. The van der Waals surface area contributed by atoms with Gasteiger partial charge in [-0.3, -0.25) is 4.98 Å². The number of aryl methyl sites for hydroxylation is 1. The molecule has 0 saturated carbocycles. The van der Waals surface area contributed by atoms with Gasteiger partial charge in [0.05, 0.1) is 56.4 Å². The number of benzene rings is 2. The van der Waals surface area contributed by atoms with Crippen LogP contribution in [0.25, 0.3) is 22.3 Å². The molecule has 5 rings (SSSR count). The fraction of sp³-hybridized carbons (Fsp3) is 0.308. The highest BCUT2D eigenvalue weighted by atomic mass is 16.5. The minimum atomic E-state index is 0.0448. The summed E-state index contributed by atoms with van der Waals surface area (Å²) in [6.07, 6.45) is 5.92. The van der Waals surface area contributed by atoms with Crippen LogP contribution in [-0.2, 0) is 11.8 Å². The second-order valence-corrected chi connectivity index (χ2v) is 8.37. The summed E-state index contributed by atoms with van der Waals surface area (Å²) in [6.45, 7) is 3.03. The quantitative estimate of drug-likeness (QED) is 0.451. The molecule has 8 heteroatoms. The third kappa shape index (κ3) is 4.69. The van der Waals surface area contributed by atoms with Crippen molar-refractivity contribution in [1.29, 1.82) is 0 Å². The Kier molecular flexibility index (Phi) is 6.33. The second-order valence-electron chi connectivity index (χ2n) is 8.37. The maximum absolute atomic E-state index is 6.03. The average Bonchev–Trinajstić information content (AvgIpc) is 3.33. The zero-order chi connectivity index (χ0) is 23.5. The van der Waals surface area contributed by atoms with E-state index in [9.17, 15) is 0 Å². The lowest BCUT2D eigenvalue weighted by Gasteiger charge is -2.32. The van der Waals surface area contributed by atoms with E-state index in [4.69, 9.17) is 19.2 Å². The van der Waals surface area contributed by atoms with Crippen molar-refractivity contribution < 1.29 is 14.2 Å². The van der Waals surface area contributed by atoms with Crippen molar-refractivity contribution in [2.75, 3.05) is 45.4 Å². The van der Waals surface area contributed by atoms with Crippen LogP contribution in [0, 0.1) is 0 Å². The molecule has 176 valence electrons. The number of anilines is 2. The lowest BCUT2D eigenvalue weighted by atomic mass is 10.1. The van der Waals surface area contributed by atoms with E-state index in [-0.39, 0.29) is 6.10 Å². The molecular weight excluding hydrogens is 430 g/mol. The molecule has 1 aliphatic rings. The molecule has 1 atom stereocenters. The SMILES string of the molecule is COc1cc(OC)cc(N(CC2CNCCO2)c2ccc3ncc(-c4ccn(C)c4)nc3c2)c1. The Labute approximate surface area is 199 Å². The van der Waals surface area contributed by atoms with Gasteiger partial charge in [0.15, 0.2) is 0 Å². The second kappa shape index (κ2) is 9.70. The number of aromatic nitrogens is 3. The predicted molar refractivity (Wildman–Crippen MR) is 133 cm³/mol. The van der Waals surface area contributed by atoms with Gasteiger partial charge in [0, 0.05) is 67.7 Å². The molecule has 8 nitrogen and oxygen atoms in total. The number of fused-ring (bicyclic) bond motifs is 1. The Morgan fingerprint density at radius 2 is 1.88 bits per heavy atom. The van der Waals surface area contributed by atoms with E-state index >= 15 is 0 Å². The maximum atomic E-state index is 6.03. The van der Waals surface area contributed by atoms with Crippen LogP contribution in [-0.4, -0.2) is 61.1 Å². The highest BCUT2D eigenvalue weighted by Gasteiger charge is 2.21. The highest BCUT2D eigenvalue weighted by Crippen LogP contribution is 2.34. The number of morpholine rings is 1. The Morgan fingerprint density at radius 1 is 1.06 bits per heavy atom. The Morgan fingerprint density at radius 3 is 2.56 bits per heavy atom. The molecule has 1 saturated heterocycles. The number of methoxy groups -OCH3 is 2. The fourth-order valence-electron chi connectivity index (χ4n) is 4.21. The van der Waals surface area contributed by atoms with Gasteiger partial charge in [0.1, 0.15) is 11.5 Å².